The lowest BCUT2D eigenvalue weighted by Gasteiger charge is -2.10. The minimum Gasteiger partial charge on any atom is -0.388 e. The second-order valence-corrected chi connectivity index (χ2v) is 5.35. The first kappa shape index (κ1) is 15.9. The molecule has 1 atom stereocenters. The number of rotatable bonds is 6. The third kappa shape index (κ3) is 3.85. The van der Waals surface area contributed by atoms with Crippen LogP contribution >= 0.6 is 0 Å². The number of carbonyl (C=O) groups is 1. The molecular weight excluding hydrogens is 304 g/mol. The van der Waals surface area contributed by atoms with Gasteiger partial charge in [-0.1, -0.05) is 53.7 Å². The fourth-order valence-electron chi connectivity index (χ4n) is 2.33. The summed E-state index contributed by atoms with van der Waals surface area (Å²) in [6.45, 7) is 0.354. The van der Waals surface area contributed by atoms with Crippen LogP contribution in [0.4, 0.5) is 0 Å². The van der Waals surface area contributed by atoms with E-state index in [1.807, 2.05) is 60.7 Å². The summed E-state index contributed by atoms with van der Waals surface area (Å²) < 4.78 is 1.55. The summed E-state index contributed by atoms with van der Waals surface area (Å²) in [5.41, 5.74) is 1.92. The lowest BCUT2D eigenvalue weighted by molar-refractivity contribution is 0.0937. The zero-order chi connectivity index (χ0) is 16.8. The van der Waals surface area contributed by atoms with Gasteiger partial charge in [-0.3, -0.25) is 4.79 Å². The van der Waals surface area contributed by atoms with Crippen molar-refractivity contribution in [3.63, 3.8) is 0 Å². The molecule has 2 N–H and O–H groups in total. The molecule has 6 heteroatoms. The van der Waals surface area contributed by atoms with Crippen LogP contribution in [0.5, 0.6) is 0 Å². The Hall–Kier alpha value is -2.99. The molecule has 1 amide bonds. The van der Waals surface area contributed by atoms with Crippen LogP contribution in [-0.2, 0) is 0 Å². The standard InChI is InChI=1S/C18H18N4O2/c23-17(14-7-3-1-4-8-14)11-12-19-18(24)16-13-22(21-20-16)15-9-5-2-6-10-15/h1-10,13,17,23H,11-12H2,(H,19,24). The Kier molecular flexibility index (Phi) is 4.98. The number of carbonyl (C=O) groups excluding carboxylic acids is 1. The molecule has 6 nitrogen and oxygen atoms in total. The van der Waals surface area contributed by atoms with Gasteiger partial charge >= 0.3 is 0 Å². The molecule has 0 radical (unpaired) electrons. The van der Waals surface area contributed by atoms with Gasteiger partial charge in [0.15, 0.2) is 5.69 Å². The maximum Gasteiger partial charge on any atom is 0.273 e. The molecule has 1 aromatic heterocycles. The number of hydrogen-bond acceptors (Lipinski definition) is 4. The van der Waals surface area contributed by atoms with E-state index in [0.29, 0.717) is 13.0 Å². The number of aliphatic hydroxyl groups is 1. The lowest BCUT2D eigenvalue weighted by atomic mass is 10.1. The Morgan fingerprint density at radius 2 is 1.75 bits per heavy atom. The molecular formula is C18H18N4O2. The van der Waals surface area contributed by atoms with E-state index in [0.717, 1.165) is 11.3 Å². The molecule has 0 aliphatic rings. The quantitative estimate of drug-likeness (QED) is 0.728. The maximum atomic E-state index is 12.1. The first-order valence-corrected chi connectivity index (χ1v) is 7.73. The zero-order valence-electron chi connectivity index (χ0n) is 13.0. The van der Waals surface area contributed by atoms with Gasteiger partial charge in [-0.25, -0.2) is 4.68 Å². The van der Waals surface area contributed by atoms with E-state index in [4.69, 9.17) is 0 Å². The zero-order valence-corrected chi connectivity index (χ0v) is 13.0. The van der Waals surface area contributed by atoms with Gasteiger partial charge in [-0.2, -0.15) is 0 Å². The van der Waals surface area contributed by atoms with Crippen molar-refractivity contribution in [2.45, 2.75) is 12.5 Å². The molecule has 24 heavy (non-hydrogen) atoms. The average Bonchev–Trinajstić information content (AvgIpc) is 3.13. The first-order valence-electron chi connectivity index (χ1n) is 7.73. The Labute approximate surface area is 139 Å². The Bertz CT molecular complexity index is 787. The smallest absolute Gasteiger partial charge is 0.273 e. The van der Waals surface area contributed by atoms with Gasteiger partial charge in [0, 0.05) is 6.54 Å². The molecule has 1 heterocycles. The number of hydrogen-bond donors (Lipinski definition) is 2. The molecule has 0 spiro atoms. The third-order valence-corrected chi connectivity index (χ3v) is 3.63. The van der Waals surface area contributed by atoms with Crippen LogP contribution in [0.15, 0.2) is 66.9 Å². The predicted molar refractivity (Wildman–Crippen MR) is 89.7 cm³/mol. The molecule has 0 aliphatic carbocycles. The van der Waals surface area contributed by atoms with E-state index in [9.17, 15) is 9.90 Å². The number of aromatic nitrogens is 3. The van der Waals surface area contributed by atoms with Crippen molar-refractivity contribution in [2.75, 3.05) is 6.54 Å². The minimum atomic E-state index is -0.605. The molecule has 0 bridgehead atoms. The SMILES string of the molecule is O=C(NCCC(O)c1ccccc1)c1cn(-c2ccccc2)nn1. The number of benzene rings is 2. The highest BCUT2D eigenvalue weighted by Crippen LogP contribution is 2.15. The van der Waals surface area contributed by atoms with Gasteiger partial charge < -0.3 is 10.4 Å². The second-order valence-electron chi connectivity index (χ2n) is 5.35. The average molecular weight is 322 g/mol. The van der Waals surface area contributed by atoms with Crippen molar-refractivity contribution < 1.29 is 9.90 Å². The van der Waals surface area contributed by atoms with Crippen LogP contribution in [0.3, 0.4) is 0 Å². The summed E-state index contributed by atoms with van der Waals surface area (Å²) in [5.74, 6) is -0.308. The highest BCUT2D eigenvalue weighted by atomic mass is 16.3. The Morgan fingerprint density at radius 1 is 1.08 bits per heavy atom. The largest absolute Gasteiger partial charge is 0.388 e. The minimum absolute atomic E-state index is 0.244. The van der Waals surface area contributed by atoms with Crippen LogP contribution in [-0.4, -0.2) is 32.6 Å². The van der Waals surface area contributed by atoms with E-state index >= 15 is 0 Å². The summed E-state index contributed by atoms with van der Waals surface area (Å²) in [4.78, 5) is 12.1. The fraction of sp³-hybridized carbons (Fsp3) is 0.167. The molecule has 0 saturated carbocycles. The van der Waals surface area contributed by atoms with Crippen LogP contribution in [0, 0.1) is 0 Å². The molecule has 3 rings (SSSR count). The first-order chi connectivity index (χ1) is 11.7. The van der Waals surface area contributed by atoms with Crippen molar-refractivity contribution in [2.24, 2.45) is 0 Å². The number of aliphatic hydroxyl groups excluding tert-OH is 1. The van der Waals surface area contributed by atoms with Crippen molar-refractivity contribution in [1.82, 2.24) is 20.3 Å². The third-order valence-electron chi connectivity index (χ3n) is 3.63. The summed E-state index contributed by atoms with van der Waals surface area (Å²) in [6, 6.07) is 18.8. The number of nitrogens with one attached hydrogen (secondary N) is 1. The maximum absolute atomic E-state index is 12.1. The number of nitrogens with zero attached hydrogens (tertiary/aromatic N) is 3. The molecule has 122 valence electrons. The van der Waals surface area contributed by atoms with Crippen LogP contribution < -0.4 is 5.32 Å². The van der Waals surface area contributed by atoms with Crippen molar-refractivity contribution in [3.05, 3.63) is 78.1 Å². The fourth-order valence-corrected chi connectivity index (χ4v) is 2.33. The Balaban J connectivity index is 1.53. The predicted octanol–water partition coefficient (Wildman–Crippen LogP) is 2.12. The van der Waals surface area contributed by atoms with E-state index in [-0.39, 0.29) is 11.6 Å². The van der Waals surface area contributed by atoms with Gasteiger partial charge in [0.25, 0.3) is 5.91 Å². The van der Waals surface area contributed by atoms with Crippen LogP contribution in [0.2, 0.25) is 0 Å². The monoisotopic (exact) mass is 322 g/mol. The second kappa shape index (κ2) is 7.52. The molecule has 0 aliphatic heterocycles. The van der Waals surface area contributed by atoms with E-state index in [2.05, 4.69) is 15.6 Å². The van der Waals surface area contributed by atoms with Crippen molar-refractivity contribution in [1.29, 1.82) is 0 Å². The van der Waals surface area contributed by atoms with Crippen LogP contribution in [0.1, 0.15) is 28.6 Å². The van der Waals surface area contributed by atoms with Crippen molar-refractivity contribution in [3.8, 4) is 5.69 Å². The summed E-state index contributed by atoms with van der Waals surface area (Å²) >= 11 is 0. The molecule has 2 aromatic carbocycles. The van der Waals surface area contributed by atoms with Gasteiger partial charge in [-0.05, 0) is 24.1 Å². The highest BCUT2D eigenvalue weighted by Gasteiger charge is 2.12. The van der Waals surface area contributed by atoms with Gasteiger partial charge in [0.1, 0.15) is 0 Å². The van der Waals surface area contributed by atoms with Gasteiger partial charge in [0.2, 0.25) is 0 Å². The van der Waals surface area contributed by atoms with E-state index < -0.39 is 6.10 Å². The normalized spacial score (nSPS) is 11.9. The number of amides is 1. The molecule has 3 aromatic rings. The van der Waals surface area contributed by atoms with Crippen molar-refractivity contribution >= 4 is 5.91 Å². The topological polar surface area (TPSA) is 80.0 Å². The molecule has 1 unspecified atom stereocenters. The summed E-state index contributed by atoms with van der Waals surface area (Å²) in [5, 5.41) is 20.7. The molecule has 0 fully saturated rings. The van der Waals surface area contributed by atoms with E-state index in [1.54, 1.807) is 10.9 Å². The van der Waals surface area contributed by atoms with Gasteiger partial charge in [0.05, 0.1) is 18.0 Å². The number of para-hydroxylation sites is 1. The molecule has 0 saturated heterocycles. The Morgan fingerprint density at radius 3 is 2.46 bits per heavy atom. The summed E-state index contributed by atoms with van der Waals surface area (Å²) in [7, 11) is 0. The van der Waals surface area contributed by atoms with Crippen LogP contribution in [0.25, 0.3) is 5.69 Å². The van der Waals surface area contributed by atoms with Gasteiger partial charge in [-0.15, -0.1) is 5.10 Å². The lowest BCUT2D eigenvalue weighted by Crippen LogP contribution is -2.26. The van der Waals surface area contributed by atoms with E-state index in [1.165, 1.54) is 0 Å². The highest BCUT2D eigenvalue weighted by molar-refractivity contribution is 5.91. The summed E-state index contributed by atoms with van der Waals surface area (Å²) in [6.07, 6.45) is 1.41.